The Morgan fingerprint density at radius 3 is 2.80 bits per heavy atom. The van der Waals surface area contributed by atoms with Gasteiger partial charge >= 0.3 is 0 Å². The third-order valence-electron chi connectivity index (χ3n) is 4.18. The molecule has 0 spiro atoms. The molecule has 3 rings (SSSR count). The number of aromatic nitrogens is 2. The van der Waals surface area contributed by atoms with Crippen LogP contribution in [0.4, 0.5) is 0 Å². The van der Waals surface area contributed by atoms with Gasteiger partial charge in [0.1, 0.15) is 0 Å². The Morgan fingerprint density at radius 2 is 2.10 bits per heavy atom. The van der Waals surface area contributed by atoms with Crippen LogP contribution in [0.1, 0.15) is 49.6 Å². The molecule has 2 atom stereocenters. The molecule has 4 nitrogen and oxygen atoms in total. The molecule has 1 aromatic carbocycles. The van der Waals surface area contributed by atoms with E-state index in [2.05, 4.69) is 52.4 Å². The maximum absolute atomic E-state index is 5.68. The highest BCUT2D eigenvalue weighted by molar-refractivity contribution is 5.21. The van der Waals surface area contributed by atoms with Crippen LogP contribution in [0.3, 0.4) is 0 Å². The molecule has 0 unspecified atom stereocenters. The van der Waals surface area contributed by atoms with Crippen molar-refractivity contribution in [1.29, 1.82) is 0 Å². The molecule has 1 aromatic heterocycles. The van der Waals surface area contributed by atoms with Crippen molar-refractivity contribution in [3.63, 3.8) is 0 Å². The van der Waals surface area contributed by atoms with Gasteiger partial charge in [-0.15, -0.1) is 10.2 Å². The monoisotopic (exact) mass is 271 g/mol. The Kier molecular flexibility index (Phi) is 3.83. The summed E-state index contributed by atoms with van der Waals surface area (Å²) in [5.74, 6) is 2.09. The van der Waals surface area contributed by atoms with Gasteiger partial charge in [-0.3, -0.25) is 4.90 Å². The van der Waals surface area contributed by atoms with Crippen molar-refractivity contribution < 1.29 is 4.42 Å². The summed E-state index contributed by atoms with van der Waals surface area (Å²) in [6, 6.07) is 11.0. The number of rotatable bonds is 4. The molecule has 20 heavy (non-hydrogen) atoms. The van der Waals surface area contributed by atoms with E-state index in [9.17, 15) is 0 Å². The van der Waals surface area contributed by atoms with E-state index >= 15 is 0 Å². The van der Waals surface area contributed by atoms with Crippen LogP contribution in [-0.2, 0) is 6.42 Å². The fourth-order valence-electron chi connectivity index (χ4n) is 2.87. The predicted octanol–water partition coefficient (Wildman–Crippen LogP) is 3.18. The average Bonchev–Trinajstić information content (AvgIpc) is 3.17. The number of likely N-dealkylation sites (tertiary alicyclic amines) is 1. The van der Waals surface area contributed by atoms with Gasteiger partial charge in [0, 0.05) is 13.0 Å². The van der Waals surface area contributed by atoms with Gasteiger partial charge in [-0.1, -0.05) is 37.3 Å². The smallest absolute Gasteiger partial charge is 0.233 e. The van der Waals surface area contributed by atoms with Crippen molar-refractivity contribution >= 4 is 0 Å². The number of hydrogen-bond acceptors (Lipinski definition) is 4. The molecule has 1 aliphatic heterocycles. The lowest BCUT2D eigenvalue weighted by atomic mass is 9.99. The molecule has 1 fully saturated rings. The molecular weight excluding hydrogens is 250 g/mol. The van der Waals surface area contributed by atoms with Crippen molar-refractivity contribution in [3.8, 4) is 0 Å². The van der Waals surface area contributed by atoms with Gasteiger partial charge < -0.3 is 4.42 Å². The maximum Gasteiger partial charge on any atom is 0.233 e. The van der Waals surface area contributed by atoms with Gasteiger partial charge in [0.15, 0.2) is 0 Å². The molecule has 2 aromatic rings. The Bertz CT molecular complexity index is 552. The van der Waals surface area contributed by atoms with Gasteiger partial charge in [-0.05, 0) is 31.4 Å². The highest BCUT2D eigenvalue weighted by atomic mass is 16.4. The molecule has 2 heterocycles. The molecule has 0 aliphatic carbocycles. The second kappa shape index (κ2) is 5.75. The Hall–Kier alpha value is -1.68. The van der Waals surface area contributed by atoms with Gasteiger partial charge in [0.2, 0.25) is 11.8 Å². The molecule has 0 saturated carbocycles. The van der Waals surface area contributed by atoms with E-state index in [1.165, 1.54) is 12.0 Å². The highest BCUT2D eigenvalue weighted by Gasteiger charge is 2.30. The molecule has 106 valence electrons. The minimum atomic E-state index is 0.205. The second-order valence-corrected chi connectivity index (χ2v) is 5.45. The zero-order chi connectivity index (χ0) is 13.9. The first-order valence-electron chi connectivity index (χ1n) is 7.39. The highest BCUT2D eigenvalue weighted by Crippen LogP contribution is 2.32. The van der Waals surface area contributed by atoms with Crippen molar-refractivity contribution in [3.05, 3.63) is 47.7 Å². The summed E-state index contributed by atoms with van der Waals surface area (Å²) >= 11 is 0. The molecule has 1 aliphatic rings. The number of aryl methyl sites for hydroxylation is 1. The van der Waals surface area contributed by atoms with Gasteiger partial charge in [-0.2, -0.15) is 0 Å². The van der Waals surface area contributed by atoms with Crippen LogP contribution < -0.4 is 0 Å². The molecule has 0 N–H and O–H groups in total. The maximum atomic E-state index is 5.68. The average molecular weight is 271 g/mol. The van der Waals surface area contributed by atoms with Gasteiger partial charge in [0.05, 0.1) is 6.04 Å². The van der Waals surface area contributed by atoms with Crippen LogP contribution in [0.15, 0.2) is 34.7 Å². The van der Waals surface area contributed by atoms with E-state index in [1.54, 1.807) is 0 Å². The first-order valence-corrected chi connectivity index (χ1v) is 7.39. The van der Waals surface area contributed by atoms with Crippen LogP contribution in [0.2, 0.25) is 0 Å². The van der Waals surface area contributed by atoms with Crippen LogP contribution >= 0.6 is 0 Å². The van der Waals surface area contributed by atoms with Crippen LogP contribution in [0.25, 0.3) is 0 Å². The standard InChI is InChI=1S/C16H21N3O/c1-3-15-17-18-16(20-15)12(2)19-10-9-14(11-19)13-7-5-4-6-8-13/h4-8,12,14H,3,9-11H2,1-2H3/t12-,14+/m1/s1. The lowest BCUT2D eigenvalue weighted by Crippen LogP contribution is -2.24. The fourth-order valence-corrected chi connectivity index (χ4v) is 2.87. The number of benzene rings is 1. The third kappa shape index (κ3) is 2.61. The van der Waals surface area contributed by atoms with Crippen LogP contribution in [0.5, 0.6) is 0 Å². The van der Waals surface area contributed by atoms with Crippen LogP contribution in [0, 0.1) is 0 Å². The van der Waals surface area contributed by atoms with Crippen molar-refractivity contribution in [1.82, 2.24) is 15.1 Å². The van der Waals surface area contributed by atoms with E-state index in [4.69, 9.17) is 4.42 Å². The van der Waals surface area contributed by atoms with Gasteiger partial charge in [-0.25, -0.2) is 0 Å². The Balaban J connectivity index is 1.67. The Morgan fingerprint density at radius 1 is 1.30 bits per heavy atom. The number of hydrogen-bond donors (Lipinski definition) is 0. The minimum Gasteiger partial charge on any atom is -0.424 e. The lowest BCUT2D eigenvalue weighted by Gasteiger charge is -2.21. The zero-order valence-electron chi connectivity index (χ0n) is 12.1. The summed E-state index contributed by atoms with van der Waals surface area (Å²) in [6.45, 7) is 6.34. The SMILES string of the molecule is CCc1nnc([C@@H](C)N2CC[C@H](c3ccccc3)C2)o1. The first kappa shape index (κ1) is 13.3. The summed E-state index contributed by atoms with van der Waals surface area (Å²) in [6.07, 6.45) is 2.00. The summed E-state index contributed by atoms with van der Waals surface area (Å²) in [5.41, 5.74) is 1.43. The molecule has 0 amide bonds. The van der Waals surface area contributed by atoms with Crippen molar-refractivity contribution in [2.24, 2.45) is 0 Å². The third-order valence-corrected chi connectivity index (χ3v) is 4.18. The number of nitrogens with zero attached hydrogens (tertiary/aromatic N) is 3. The largest absolute Gasteiger partial charge is 0.424 e. The van der Waals surface area contributed by atoms with Crippen molar-refractivity contribution in [2.45, 2.75) is 38.6 Å². The summed E-state index contributed by atoms with van der Waals surface area (Å²) < 4.78 is 5.68. The van der Waals surface area contributed by atoms with E-state index in [0.717, 1.165) is 31.3 Å². The summed E-state index contributed by atoms with van der Waals surface area (Å²) in [5, 5.41) is 8.23. The topological polar surface area (TPSA) is 42.2 Å². The molecule has 1 saturated heterocycles. The minimum absolute atomic E-state index is 0.205. The molecular formula is C16H21N3O. The Labute approximate surface area is 119 Å². The first-order chi connectivity index (χ1) is 9.78. The predicted molar refractivity (Wildman–Crippen MR) is 77.5 cm³/mol. The second-order valence-electron chi connectivity index (χ2n) is 5.45. The summed E-state index contributed by atoms with van der Waals surface area (Å²) in [7, 11) is 0. The molecule has 0 radical (unpaired) electrons. The zero-order valence-corrected chi connectivity index (χ0v) is 12.1. The van der Waals surface area contributed by atoms with Crippen LogP contribution in [-0.4, -0.2) is 28.2 Å². The quantitative estimate of drug-likeness (QED) is 0.856. The van der Waals surface area contributed by atoms with Gasteiger partial charge in [0.25, 0.3) is 0 Å². The van der Waals surface area contributed by atoms with Crippen molar-refractivity contribution in [2.75, 3.05) is 13.1 Å². The fraction of sp³-hybridized carbons (Fsp3) is 0.500. The van der Waals surface area contributed by atoms with E-state index in [1.807, 2.05) is 6.92 Å². The van der Waals surface area contributed by atoms with E-state index in [0.29, 0.717) is 5.92 Å². The van der Waals surface area contributed by atoms with E-state index in [-0.39, 0.29) is 6.04 Å². The normalized spacial score (nSPS) is 21.2. The lowest BCUT2D eigenvalue weighted by molar-refractivity contribution is 0.219. The molecule has 4 heteroatoms. The molecule has 0 bridgehead atoms. The van der Waals surface area contributed by atoms with E-state index < -0.39 is 0 Å². The summed E-state index contributed by atoms with van der Waals surface area (Å²) in [4.78, 5) is 2.44.